The van der Waals surface area contributed by atoms with Crippen LogP contribution < -0.4 is 5.73 Å². The van der Waals surface area contributed by atoms with Crippen molar-refractivity contribution < 1.29 is 4.74 Å². The number of hydrogen-bond donors (Lipinski definition) is 1. The second kappa shape index (κ2) is 5.15. The molecule has 112 valence electrons. The van der Waals surface area contributed by atoms with Crippen molar-refractivity contribution in [3.05, 3.63) is 42.0 Å². The zero-order chi connectivity index (χ0) is 15.0. The minimum Gasteiger partial charge on any atom is -0.399 e. The molecule has 1 aromatic heterocycles. The summed E-state index contributed by atoms with van der Waals surface area (Å²) in [5.41, 5.74) is 7.94. The summed E-state index contributed by atoms with van der Waals surface area (Å²) >= 11 is 0. The molecule has 1 atom stereocenters. The highest BCUT2D eigenvalue weighted by Gasteiger charge is 2.46. The van der Waals surface area contributed by atoms with E-state index < -0.39 is 0 Å². The second-order valence-electron chi connectivity index (χ2n) is 6.27. The van der Waals surface area contributed by atoms with E-state index in [0.717, 1.165) is 24.4 Å². The van der Waals surface area contributed by atoms with Crippen molar-refractivity contribution >= 4 is 5.69 Å². The van der Waals surface area contributed by atoms with E-state index in [4.69, 9.17) is 10.5 Å². The molecule has 3 rings (SSSR count). The van der Waals surface area contributed by atoms with Crippen molar-refractivity contribution in [2.24, 2.45) is 13.0 Å². The van der Waals surface area contributed by atoms with Gasteiger partial charge in [0.1, 0.15) is 12.2 Å². The van der Waals surface area contributed by atoms with Gasteiger partial charge in [-0.15, -0.1) is 10.2 Å². The Bertz CT molecular complexity index is 631. The minimum absolute atomic E-state index is 0.0121. The van der Waals surface area contributed by atoms with E-state index in [0.29, 0.717) is 5.92 Å². The van der Waals surface area contributed by atoms with Crippen LogP contribution in [-0.4, -0.2) is 27.5 Å². The van der Waals surface area contributed by atoms with E-state index in [2.05, 4.69) is 23.2 Å². The molecule has 0 radical (unpaired) electrons. The number of nitrogens with two attached hydrogens (primary N) is 1. The van der Waals surface area contributed by atoms with Gasteiger partial charge in [0, 0.05) is 25.8 Å². The van der Waals surface area contributed by atoms with Crippen molar-refractivity contribution in [3.63, 3.8) is 0 Å². The summed E-state index contributed by atoms with van der Waals surface area (Å²) in [6.45, 7) is 2.16. The maximum atomic E-state index is 5.96. The maximum Gasteiger partial charge on any atom is 0.140 e. The van der Waals surface area contributed by atoms with E-state index in [9.17, 15) is 0 Å². The molecule has 1 unspecified atom stereocenters. The van der Waals surface area contributed by atoms with Gasteiger partial charge >= 0.3 is 0 Å². The average Bonchev–Trinajstić information content (AvgIpc) is 2.83. The number of benzene rings is 1. The third kappa shape index (κ3) is 2.53. The Labute approximate surface area is 125 Å². The zero-order valence-corrected chi connectivity index (χ0v) is 12.8. The minimum atomic E-state index is -0.0121. The first-order valence-corrected chi connectivity index (χ1v) is 7.27. The largest absolute Gasteiger partial charge is 0.399 e. The van der Waals surface area contributed by atoms with Crippen LogP contribution in [0.1, 0.15) is 37.1 Å². The number of anilines is 1. The van der Waals surface area contributed by atoms with Gasteiger partial charge in [-0.25, -0.2) is 0 Å². The first kappa shape index (κ1) is 14.1. The fourth-order valence-corrected chi connectivity index (χ4v) is 3.41. The predicted octanol–water partition coefficient (Wildman–Crippen LogP) is 2.34. The first-order valence-electron chi connectivity index (χ1n) is 7.27. The molecule has 1 aromatic carbocycles. The van der Waals surface area contributed by atoms with Gasteiger partial charge in [0.25, 0.3) is 0 Å². The van der Waals surface area contributed by atoms with Crippen LogP contribution in [-0.2, 0) is 11.8 Å². The number of aromatic nitrogens is 3. The zero-order valence-electron chi connectivity index (χ0n) is 12.8. The van der Waals surface area contributed by atoms with Crippen LogP contribution in [0.15, 0.2) is 30.6 Å². The number of ether oxygens (including phenoxy) is 1. The third-order valence-corrected chi connectivity index (χ3v) is 4.65. The van der Waals surface area contributed by atoms with Gasteiger partial charge in [-0.1, -0.05) is 12.1 Å². The van der Waals surface area contributed by atoms with Crippen molar-refractivity contribution in [2.45, 2.75) is 31.3 Å². The Balaban J connectivity index is 1.95. The van der Waals surface area contributed by atoms with Crippen molar-refractivity contribution in [3.8, 4) is 0 Å². The standard InChI is InChI=1S/C16H22N4O/c1-16(21-3)8-12(9-16)14(15-19-18-10-20(15)2)11-5-4-6-13(17)7-11/h4-7,10,12,14H,8-9,17H2,1-3H3. The molecule has 0 saturated heterocycles. The van der Waals surface area contributed by atoms with E-state index >= 15 is 0 Å². The highest BCUT2D eigenvalue weighted by molar-refractivity contribution is 5.43. The number of rotatable bonds is 4. The number of hydrogen-bond acceptors (Lipinski definition) is 4. The quantitative estimate of drug-likeness (QED) is 0.876. The summed E-state index contributed by atoms with van der Waals surface area (Å²) in [4.78, 5) is 0. The fourth-order valence-electron chi connectivity index (χ4n) is 3.41. The summed E-state index contributed by atoms with van der Waals surface area (Å²) in [6.07, 6.45) is 3.80. The van der Waals surface area contributed by atoms with Crippen molar-refractivity contribution in [2.75, 3.05) is 12.8 Å². The number of nitrogens with zero attached hydrogens (tertiary/aromatic N) is 3. The van der Waals surface area contributed by atoms with Gasteiger partial charge in [0.15, 0.2) is 0 Å². The second-order valence-corrected chi connectivity index (χ2v) is 6.27. The van der Waals surface area contributed by atoms with Gasteiger partial charge in [0.2, 0.25) is 0 Å². The van der Waals surface area contributed by atoms with Crippen LogP contribution >= 0.6 is 0 Å². The molecule has 5 heteroatoms. The highest BCUT2D eigenvalue weighted by Crippen LogP contribution is 2.49. The molecule has 5 nitrogen and oxygen atoms in total. The Hall–Kier alpha value is -1.88. The lowest BCUT2D eigenvalue weighted by atomic mass is 9.64. The van der Waals surface area contributed by atoms with Crippen molar-refractivity contribution in [1.82, 2.24) is 14.8 Å². The highest BCUT2D eigenvalue weighted by atomic mass is 16.5. The summed E-state index contributed by atoms with van der Waals surface area (Å²) in [7, 11) is 3.77. The Kier molecular flexibility index (Phi) is 3.45. The van der Waals surface area contributed by atoms with Crippen LogP contribution in [0.5, 0.6) is 0 Å². The maximum absolute atomic E-state index is 5.96. The Morgan fingerprint density at radius 1 is 1.43 bits per heavy atom. The number of aryl methyl sites for hydroxylation is 1. The van der Waals surface area contributed by atoms with Crippen LogP contribution in [0.2, 0.25) is 0 Å². The van der Waals surface area contributed by atoms with E-state index in [1.165, 1.54) is 5.56 Å². The number of nitrogen functional groups attached to an aromatic ring is 1. The third-order valence-electron chi connectivity index (χ3n) is 4.65. The molecule has 1 saturated carbocycles. The SMILES string of the molecule is COC1(C)CC(C(c2cccc(N)c2)c2nncn2C)C1. The van der Waals surface area contributed by atoms with E-state index in [-0.39, 0.29) is 11.5 Å². The number of methoxy groups -OCH3 is 1. The molecule has 2 N–H and O–H groups in total. The Morgan fingerprint density at radius 3 is 2.76 bits per heavy atom. The lowest BCUT2D eigenvalue weighted by Gasteiger charge is -2.47. The fraction of sp³-hybridized carbons (Fsp3) is 0.500. The van der Waals surface area contributed by atoms with E-state index in [1.807, 2.05) is 29.8 Å². The molecule has 0 amide bonds. The molecule has 1 heterocycles. The molecule has 0 bridgehead atoms. The van der Waals surface area contributed by atoms with Crippen LogP contribution in [0, 0.1) is 5.92 Å². The van der Waals surface area contributed by atoms with E-state index in [1.54, 1.807) is 13.4 Å². The molecule has 1 aliphatic rings. The lowest BCUT2D eigenvalue weighted by Crippen LogP contribution is -2.45. The molecule has 1 fully saturated rings. The average molecular weight is 286 g/mol. The molecular formula is C16H22N4O. The predicted molar refractivity (Wildman–Crippen MR) is 81.8 cm³/mol. The molecular weight excluding hydrogens is 264 g/mol. The van der Waals surface area contributed by atoms with Gasteiger partial charge in [0.05, 0.1) is 5.60 Å². The van der Waals surface area contributed by atoms with Gasteiger partial charge in [-0.3, -0.25) is 0 Å². The summed E-state index contributed by atoms with van der Waals surface area (Å²) in [5.74, 6) is 1.70. The summed E-state index contributed by atoms with van der Waals surface area (Å²) < 4.78 is 7.59. The summed E-state index contributed by atoms with van der Waals surface area (Å²) in [6, 6.07) is 8.08. The molecule has 1 aliphatic carbocycles. The van der Waals surface area contributed by atoms with Gasteiger partial charge < -0.3 is 15.0 Å². The van der Waals surface area contributed by atoms with Gasteiger partial charge in [-0.2, -0.15) is 0 Å². The molecule has 21 heavy (non-hydrogen) atoms. The smallest absolute Gasteiger partial charge is 0.140 e. The van der Waals surface area contributed by atoms with Crippen molar-refractivity contribution in [1.29, 1.82) is 0 Å². The van der Waals surface area contributed by atoms with Gasteiger partial charge in [-0.05, 0) is 43.4 Å². The molecule has 2 aromatic rings. The topological polar surface area (TPSA) is 66.0 Å². The monoisotopic (exact) mass is 286 g/mol. The Morgan fingerprint density at radius 2 is 2.19 bits per heavy atom. The van der Waals surface area contributed by atoms with Crippen LogP contribution in [0.4, 0.5) is 5.69 Å². The normalized spacial score (nSPS) is 26.3. The lowest BCUT2D eigenvalue weighted by molar-refractivity contribution is -0.0947. The van der Waals surface area contributed by atoms with Crippen LogP contribution in [0.25, 0.3) is 0 Å². The van der Waals surface area contributed by atoms with Crippen LogP contribution in [0.3, 0.4) is 0 Å². The summed E-state index contributed by atoms with van der Waals surface area (Å²) in [5, 5.41) is 8.37. The molecule has 0 aliphatic heterocycles. The molecule has 0 spiro atoms. The first-order chi connectivity index (χ1) is 10.0.